The van der Waals surface area contributed by atoms with E-state index in [4.69, 9.17) is 0 Å². The molecule has 0 atom stereocenters. The van der Waals surface area contributed by atoms with Crippen molar-refractivity contribution >= 4 is 15.9 Å². The van der Waals surface area contributed by atoms with Crippen LogP contribution in [0.1, 0.15) is 13.8 Å². The molecule has 2 radical (unpaired) electrons. The molecule has 9 heavy (non-hydrogen) atoms. The topological polar surface area (TPSA) is 6.48 Å². The monoisotopic (exact) mass is 190 g/mol. The second kappa shape index (κ2) is 5.26. The summed E-state index contributed by atoms with van der Waals surface area (Å²) in [5.74, 6) is 0. The normalized spacial score (nSPS) is 11.3. The summed E-state index contributed by atoms with van der Waals surface area (Å²) in [6, 6.07) is 0. The molecular formula is C6H16GeN2. The molecule has 0 aliphatic carbocycles. The third-order valence-electron chi connectivity index (χ3n) is 1.29. The van der Waals surface area contributed by atoms with Crippen molar-refractivity contribution < 1.29 is 0 Å². The average Bonchev–Trinajstić information content (AvgIpc) is 1.87. The summed E-state index contributed by atoms with van der Waals surface area (Å²) < 4.78 is 4.81. The van der Waals surface area contributed by atoms with Gasteiger partial charge in [0.05, 0.1) is 0 Å². The number of nitrogens with zero attached hydrogens (tertiary/aromatic N) is 2. The molecule has 0 rings (SSSR count). The molecule has 0 aromatic rings. The molecule has 0 heterocycles. The van der Waals surface area contributed by atoms with Crippen LogP contribution in [0.3, 0.4) is 0 Å². The molecule has 0 spiro atoms. The zero-order chi connectivity index (χ0) is 7.28. The summed E-state index contributed by atoms with van der Waals surface area (Å²) >= 11 is 0.0417. The molecule has 3 heteroatoms. The van der Waals surface area contributed by atoms with Crippen molar-refractivity contribution in [1.82, 2.24) is 7.71 Å². The summed E-state index contributed by atoms with van der Waals surface area (Å²) in [4.78, 5) is 0. The van der Waals surface area contributed by atoms with E-state index in [-0.39, 0.29) is 15.9 Å². The first-order valence-electron chi connectivity index (χ1n) is 3.39. The predicted octanol–water partition coefficient (Wildman–Crippen LogP) is 0.424. The molecule has 2 nitrogen and oxygen atoms in total. The first kappa shape index (κ1) is 9.46. The van der Waals surface area contributed by atoms with Crippen molar-refractivity contribution in [3.05, 3.63) is 0 Å². The van der Waals surface area contributed by atoms with Crippen molar-refractivity contribution in [2.24, 2.45) is 0 Å². The zero-order valence-corrected chi connectivity index (χ0v) is 8.91. The molecule has 0 bridgehead atoms. The minimum absolute atomic E-state index is 0.0417. The quantitative estimate of drug-likeness (QED) is 0.591. The zero-order valence-electron chi connectivity index (χ0n) is 6.81. The molecule has 0 aromatic heterocycles. The number of hydrogen-bond acceptors (Lipinski definition) is 2. The number of hydrogen-bond donors (Lipinski definition) is 0. The molecule has 0 amide bonds. The Morgan fingerprint density at radius 2 is 1.33 bits per heavy atom. The van der Waals surface area contributed by atoms with E-state index < -0.39 is 0 Å². The van der Waals surface area contributed by atoms with Gasteiger partial charge in [0.15, 0.2) is 0 Å². The second-order valence-electron chi connectivity index (χ2n) is 2.13. The van der Waals surface area contributed by atoms with Crippen molar-refractivity contribution in [2.75, 3.05) is 27.2 Å². The Labute approximate surface area is 65.1 Å². The Hall–Kier alpha value is 0.463. The summed E-state index contributed by atoms with van der Waals surface area (Å²) in [6.07, 6.45) is 0. The first-order valence-corrected chi connectivity index (χ1v) is 5.26. The van der Waals surface area contributed by atoms with Crippen molar-refractivity contribution in [3.8, 4) is 0 Å². The van der Waals surface area contributed by atoms with Gasteiger partial charge in [0.2, 0.25) is 0 Å². The van der Waals surface area contributed by atoms with Crippen LogP contribution in [-0.4, -0.2) is 50.8 Å². The molecule has 0 saturated heterocycles. The van der Waals surface area contributed by atoms with Crippen molar-refractivity contribution in [1.29, 1.82) is 0 Å². The van der Waals surface area contributed by atoms with Gasteiger partial charge in [-0.25, -0.2) is 0 Å². The van der Waals surface area contributed by atoms with Gasteiger partial charge >= 0.3 is 64.6 Å². The Kier molecular flexibility index (Phi) is 5.53. The van der Waals surface area contributed by atoms with Crippen LogP contribution in [0.25, 0.3) is 0 Å². The van der Waals surface area contributed by atoms with Crippen LogP contribution in [0.5, 0.6) is 0 Å². The molecule has 0 unspecified atom stereocenters. The molecular weight excluding hydrogens is 173 g/mol. The van der Waals surface area contributed by atoms with Gasteiger partial charge in [-0.15, -0.1) is 0 Å². The van der Waals surface area contributed by atoms with E-state index in [2.05, 4.69) is 35.7 Å². The summed E-state index contributed by atoms with van der Waals surface area (Å²) in [5, 5.41) is 0. The minimum atomic E-state index is 0.0417. The standard InChI is InChI=1S/C6H16GeN2/c1-5-8(3)7-9(4)6-2/h5-6H2,1-4H3. The van der Waals surface area contributed by atoms with Gasteiger partial charge < -0.3 is 0 Å². The summed E-state index contributed by atoms with van der Waals surface area (Å²) in [5.41, 5.74) is 0. The van der Waals surface area contributed by atoms with Crippen LogP contribution in [0.15, 0.2) is 0 Å². The van der Waals surface area contributed by atoms with E-state index in [0.717, 1.165) is 0 Å². The Balaban J connectivity index is 3.22. The Morgan fingerprint density at radius 3 is 1.56 bits per heavy atom. The fraction of sp³-hybridized carbons (Fsp3) is 1.00. The van der Waals surface area contributed by atoms with E-state index in [1.807, 2.05) is 0 Å². The Morgan fingerprint density at radius 1 is 1.00 bits per heavy atom. The Bertz CT molecular complexity index is 60.1. The third-order valence-corrected chi connectivity index (χ3v) is 4.05. The average molecular weight is 189 g/mol. The van der Waals surface area contributed by atoms with Crippen LogP contribution in [0.2, 0.25) is 0 Å². The second-order valence-corrected chi connectivity index (χ2v) is 5.75. The predicted molar refractivity (Wildman–Crippen MR) is 42.4 cm³/mol. The van der Waals surface area contributed by atoms with Crippen LogP contribution < -0.4 is 0 Å². The fourth-order valence-electron chi connectivity index (χ4n) is 0.433. The molecule has 0 aromatic carbocycles. The molecule has 0 aliphatic heterocycles. The molecule has 0 aliphatic rings. The maximum atomic E-state index is 2.41. The van der Waals surface area contributed by atoms with Crippen LogP contribution in [0, 0.1) is 0 Å². The van der Waals surface area contributed by atoms with Crippen molar-refractivity contribution in [2.45, 2.75) is 13.8 Å². The summed E-state index contributed by atoms with van der Waals surface area (Å²) in [6.45, 7) is 6.77. The van der Waals surface area contributed by atoms with Gasteiger partial charge in [-0.05, 0) is 0 Å². The number of rotatable bonds is 4. The fourth-order valence-corrected chi connectivity index (χ4v) is 2.25. The van der Waals surface area contributed by atoms with E-state index >= 15 is 0 Å². The molecule has 0 saturated carbocycles. The van der Waals surface area contributed by atoms with E-state index in [1.54, 1.807) is 0 Å². The SMILES string of the molecule is CC[N](C)[Ge][N](C)CC. The van der Waals surface area contributed by atoms with Gasteiger partial charge in [-0.3, -0.25) is 0 Å². The van der Waals surface area contributed by atoms with Gasteiger partial charge in [0.1, 0.15) is 0 Å². The first-order chi connectivity index (χ1) is 4.20. The van der Waals surface area contributed by atoms with E-state index in [9.17, 15) is 0 Å². The molecule has 54 valence electrons. The van der Waals surface area contributed by atoms with Gasteiger partial charge in [-0.2, -0.15) is 0 Å². The maximum absolute atomic E-state index is 2.41. The third kappa shape index (κ3) is 4.94. The summed E-state index contributed by atoms with van der Waals surface area (Å²) in [7, 11) is 4.37. The molecule has 0 N–H and O–H groups in total. The van der Waals surface area contributed by atoms with Gasteiger partial charge in [0.25, 0.3) is 0 Å². The van der Waals surface area contributed by atoms with E-state index in [1.165, 1.54) is 13.1 Å². The van der Waals surface area contributed by atoms with Gasteiger partial charge in [0, 0.05) is 0 Å². The van der Waals surface area contributed by atoms with E-state index in [0.29, 0.717) is 0 Å². The van der Waals surface area contributed by atoms with Crippen LogP contribution >= 0.6 is 0 Å². The van der Waals surface area contributed by atoms with Crippen molar-refractivity contribution in [3.63, 3.8) is 0 Å². The molecule has 0 fully saturated rings. The van der Waals surface area contributed by atoms with Crippen LogP contribution in [-0.2, 0) is 0 Å². The van der Waals surface area contributed by atoms with Gasteiger partial charge in [-0.1, -0.05) is 0 Å². The van der Waals surface area contributed by atoms with Crippen LogP contribution in [0.4, 0.5) is 0 Å².